The summed E-state index contributed by atoms with van der Waals surface area (Å²) in [7, 11) is 0. The third kappa shape index (κ3) is 1.96. The molecule has 0 radical (unpaired) electrons. The molecule has 1 aromatic heterocycles. The molecule has 2 rings (SSSR count). The molecule has 74 valence electrons. The Labute approximate surface area is 105 Å². The van der Waals surface area contributed by atoms with E-state index in [4.69, 9.17) is 11.6 Å². The minimum absolute atomic E-state index is 0.557. The highest BCUT2D eigenvalue weighted by Crippen LogP contribution is 2.35. The van der Waals surface area contributed by atoms with Crippen LogP contribution in [-0.2, 0) is 5.88 Å². The summed E-state index contributed by atoms with van der Waals surface area (Å²) < 4.78 is 3.77. The third-order valence-electron chi connectivity index (χ3n) is 2.01. The second-order valence-electron chi connectivity index (χ2n) is 2.88. The van der Waals surface area contributed by atoms with E-state index in [2.05, 4.69) is 40.4 Å². The molecule has 0 aliphatic heterocycles. The highest BCUT2D eigenvalue weighted by molar-refractivity contribution is 9.10. The SMILES string of the molecule is CSc1cc2cc(CCl)c(Br)cc2s1. The van der Waals surface area contributed by atoms with Crippen molar-refractivity contribution in [3.05, 3.63) is 28.2 Å². The normalized spacial score (nSPS) is 11.1. The van der Waals surface area contributed by atoms with Gasteiger partial charge in [0.2, 0.25) is 0 Å². The van der Waals surface area contributed by atoms with Crippen LogP contribution in [0.2, 0.25) is 0 Å². The van der Waals surface area contributed by atoms with Crippen molar-refractivity contribution >= 4 is 60.7 Å². The Morgan fingerprint density at radius 2 is 2.21 bits per heavy atom. The van der Waals surface area contributed by atoms with E-state index in [1.54, 1.807) is 11.8 Å². The van der Waals surface area contributed by atoms with Gasteiger partial charge in [0, 0.05) is 15.1 Å². The van der Waals surface area contributed by atoms with E-state index in [-0.39, 0.29) is 0 Å². The molecule has 0 aliphatic carbocycles. The van der Waals surface area contributed by atoms with Crippen molar-refractivity contribution < 1.29 is 0 Å². The van der Waals surface area contributed by atoms with Gasteiger partial charge < -0.3 is 0 Å². The average Bonchev–Trinajstić information content (AvgIpc) is 2.58. The molecule has 0 nitrogen and oxygen atoms in total. The molecule has 4 heteroatoms. The fourth-order valence-corrected chi connectivity index (χ4v) is 3.97. The van der Waals surface area contributed by atoms with Crippen molar-refractivity contribution in [1.29, 1.82) is 0 Å². The van der Waals surface area contributed by atoms with Crippen molar-refractivity contribution in [3.63, 3.8) is 0 Å². The van der Waals surface area contributed by atoms with Crippen LogP contribution < -0.4 is 0 Å². The molecule has 2 aromatic rings. The van der Waals surface area contributed by atoms with Crippen molar-refractivity contribution in [1.82, 2.24) is 0 Å². The van der Waals surface area contributed by atoms with Crippen LogP contribution in [0.1, 0.15) is 5.56 Å². The first kappa shape index (κ1) is 10.8. The van der Waals surface area contributed by atoms with Gasteiger partial charge in [-0.2, -0.15) is 0 Å². The lowest BCUT2D eigenvalue weighted by Crippen LogP contribution is -1.78. The van der Waals surface area contributed by atoms with E-state index >= 15 is 0 Å². The summed E-state index contributed by atoms with van der Waals surface area (Å²) in [6.45, 7) is 0. The summed E-state index contributed by atoms with van der Waals surface area (Å²) in [6, 6.07) is 6.52. The van der Waals surface area contributed by atoms with Crippen LogP contribution in [0.25, 0.3) is 10.1 Å². The van der Waals surface area contributed by atoms with Gasteiger partial charge in [-0.15, -0.1) is 34.7 Å². The van der Waals surface area contributed by atoms with Crippen LogP contribution >= 0.6 is 50.6 Å². The molecule has 1 heterocycles. The molecule has 0 N–H and O–H groups in total. The van der Waals surface area contributed by atoms with E-state index in [9.17, 15) is 0 Å². The van der Waals surface area contributed by atoms with Crippen LogP contribution in [0.3, 0.4) is 0 Å². The maximum absolute atomic E-state index is 5.84. The lowest BCUT2D eigenvalue weighted by molar-refractivity contribution is 1.40. The number of halogens is 2. The number of thiophene rings is 1. The van der Waals surface area contributed by atoms with Crippen LogP contribution in [0, 0.1) is 0 Å². The molecule has 14 heavy (non-hydrogen) atoms. The fourth-order valence-electron chi connectivity index (χ4n) is 1.29. The molecular weight excluding hydrogens is 300 g/mol. The standard InChI is InChI=1S/C10H8BrClS2/c1-13-10-3-6-2-7(5-12)8(11)4-9(6)14-10/h2-4H,5H2,1H3. The average molecular weight is 308 g/mol. The van der Waals surface area contributed by atoms with Gasteiger partial charge in [-0.3, -0.25) is 0 Å². The maximum atomic E-state index is 5.84. The Bertz CT molecular complexity index is 464. The second kappa shape index (κ2) is 4.44. The Hall–Kier alpha value is 0.300. The molecule has 0 fully saturated rings. The quantitative estimate of drug-likeness (QED) is 0.548. The summed E-state index contributed by atoms with van der Waals surface area (Å²) >= 11 is 13.0. The van der Waals surface area contributed by atoms with E-state index < -0.39 is 0 Å². The summed E-state index contributed by atoms with van der Waals surface area (Å²) in [5, 5.41) is 1.29. The number of hydrogen-bond donors (Lipinski definition) is 0. The van der Waals surface area contributed by atoms with Crippen molar-refractivity contribution in [2.75, 3.05) is 6.26 Å². The topological polar surface area (TPSA) is 0 Å². The molecule has 0 spiro atoms. The molecule has 0 aliphatic rings. The molecule has 0 saturated heterocycles. The molecule has 0 amide bonds. The van der Waals surface area contributed by atoms with E-state index in [1.807, 2.05) is 11.3 Å². The monoisotopic (exact) mass is 306 g/mol. The van der Waals surface area contributed by atoms with Gasteiger partial charge in [0.25, 0.3) is 0 Å². The Kier molecular flexibility index (Phi) is 3.42. The first-order valence-corrected chi connectivity index (χ1v) is 7.43. The second-order valence-corrected chi connectivity index (χ2v) is 6.20. The molecule has 0 bridgehead atoms. The van der Waals surface area contributed by atoms with Crippen LogP contribution in [0.15, 0.2) is 26.9 Å². The first-order chi connectivity index (χ1) is 6.74. The lowest BCUT2D eigenvalue weighted by atomic mass is 10.2. The number of benzene rings is 1. The number of fused-ring (bicyclic) bond motifs is 1. The number of alkyl halides is 1. The van der Waals surface area contributed by atoms with Gasteiger partial charge >= 0.3 is 0 Å². The summed E-state index contributed by atoms with van der Waals surface area (Å²) in [6.07, 6.45) is 2.10. The summed E-state index contributed by atoms with van der Waals surface area (Å²) in [5.41, 5.74) is 1.16. The van der Waals surface area contributed by atoms with Crippen LogP contribution in [0.5, 0.6) is 0 Å². The zero-order chi connectivity index (χ0) is 10.1. The smallest absolute Gasteiger partial charge is 0.0608 e. The molecular formula is C10H8BrClS2. The predicted octanol–water partition coefficient (Wildman–Crippen LogP) is 5.12. The zero-order valence-electron chi connectivity index (χ0n) is 7.51. The number of hydrogen-bond acceptors (Lipinski definition) is 2. The van der Waals surface area contributed by atoms with Gasteiger partial charge in [-0.05, 0) is 35.4 Å². The van der Waals surface area contributed by atoms with Crippen molar-refractivity contribution in [3.8, 4) is 0 Å². The molecule has 1 aromatic carbocycles. The largest absolute Gasteiger partial charge is 0.129 e. The van der Waals surface area contributed by atoms with E-state index in [0.29, 0.717) is 5.88 Å². The van der Waals surface area contributed by atoms with Gasteiger partial charge in [0.15, 0.2) is 0 Å². The van der Waals surface area contributed by atoms with Crippen molar-refractivity contribution in [2.24, 2.45) is 0 Å². The highest BCUT2D eigenvalue weighted by Gasteiger charge is 2.05. The first-order valence-electron chi connectivity index (χ1n) is 4.06. The van der Waals surface area contributed by atoms with E-state index in [0.717, 1.165) is 10.0 Å². The van der Waals surface area contributed by atoms with Gasteiger partial charge in [0.1, 0.15) is 0 Å². The Morgan fingerprint density at radius 3 is 2.86 bits per heavy atom. The lowest BCUT2D eigenvalue weighted by Gasteiger charge is -1.99. The fraction of sp³-hybridized carbons (Fsp3) is 0.200. The van der Waals surface area contributed by atoms with E-state index in [1.165, 1.54) is 14.3 Å². The minimum Gasteiger partial charge on any atom is -0.129 e. The number of rotatable bonds is 2. The van der Waals surface area contributed by atoms with Gasteiger partial charge in [-0.1, -0.05) is 15.9 Å². The maximum Gasteiger partial charge on any atom is 0.0608 e. The Balaban J connectivity index is 2.64. The predicted molar refractivity (Wildman–Crippen MR) is 70.9 cm³/mol. The molecule has 0 atom stereocenters. The number of thioether (sulfide) groups is 1. The van der Waals surface area contributed by atoms with Gasteiger partial charge in [-0.25, -0.2) is 0 Å². The van der Waals surface area contributed by atoms with Crippen LogP contribution in [-0.4, -0.2) is 6.26 Å². The highest BCUT2D eigenvalue weighted by atomic mass is 79.9. The Morgan fingerprint density at radius 1 is 1.43 bits per heavy atom. The van der Waals surface area contributed by atoms with Gasteiger partial charge in [0.05, 0.1) is 4.21 Å². The third-order valence-corrected chi connectivity index (χ3v) is 5.20. The molecule has 0 unspecified atom stereocenters. The van der Waals surface area contributed by atoms with Crippen molar-refractivity contribution in [2.45, 2.75) is 10.1 Å². The summed E-state index contributed by atoms with van der Waals surface area (Å²) in [5.74, 6) is 0.557. The molecule has 0 saturated carbocycles. The minimum atomic E-state index is 0.557. The summed E-state index contributed by atoms with van der Waals surface area (Å²) in [4.78, 5) is 0. The zero-order valence-corrected chi connectivity index (χ0v) is 11.5. The van der Waals surface area contributed by atoms with Crippen LogP contribution in [0.4, 0.5) is 0 Å².